The molecule has 1 atom stereocenters. The van der Waals surface area contributed by atoms with Crippen LogP contribution in [0.15, 0.2) is 65.9 Å². The van der Waals surface area contributed by atoms with E-state index in [1.165, 1.54) is 16.2 Å². The molecule has 1 aliphatic heterocycles. The van der Waals surface area contributed by atoms with Crippen molar-refractivity contribution in [3.63, 3.8) is 0 Å². The molecule has 2 aromatic carbocycles. The summed E-state index contributed by atoms with van der Waals surface area (Å²) in [5, 5.41) is 11.6. The summed E-state index contributed by atoms with van der Waals surface area (Å²) in [7, 11) is 0. The highest BCUT2D eigenvalue weighted by Crippen LogP contribution is 2.43. The molecule has 0 saturated carbocycles. The number of hydrogen-bond donors (Lipinski definition) is 1. The first-order valence-electron chi connectivity index (χ1n) is 9.26. The molecule has 0 bridgehead atoms. The van der Waals surface area contributed by atoms with Gasteiger partial charge < -0.3 is 5.11 Å². The van der Waals surface area contributed by atoms with E-state index in [-0.39, 0.29) is 11.4 Å². The van der Waals surface area contributed by atoms with E-state index in [0.29, 0.717) is 16.3 Å². The first kappa shape index (κ1) is 19.1. The van der Waals surface area contributed by atoms with Gasteiger partial charge in [0.1, 0.15) is 0 Å². The number of para-hydroxylation sites is 1. The van der Waals surface area contributed by atoms with Crippen LogP contribution in [0.2, 0.25) is 0 Å². The van der Waals surface area contributed by atoms with Crippen molar-refractivity contribution >= 4 is 28.7 Å². The van der Waals surface area contributed by atoms with Gasteiger partial charge in [-0.3, -0.25) is 14.5 Å². The van der Waals surface area contributed by atoms with Gasteiger partial charge in [-0.2, -0.15) is 0 Å². The van der Waals surface area contributed by atoms with Crippen molar-refractivity contribution in [3.05, 3.63) is 92.6 Å². The summed E-state index contributed by atoms with van der Waals surface area (Å²) >= 11 is 1.27. The zero-order valence-electron chi connectivity index (χ0n) is 16.3. The minimum atomic E-state index is -0.709. The number of thiazole rings is 1. The molecule has 1 N–H and O–H groups in total. The largest absolute Gasteiger partial charge is 0.503 e. The van der Waals surface area contributed by atoms with Gasteiger partial charge in [-0.1, -0.05) is 48.5 Å². The van der Waals surface area contributed by atoms with Crippen LogP contribution in [-0.4, -0.2) is 21.8 Å². The number of aliphatic hydroxyl groups is 1. The van der Waals surface area contributed by atoms with Crippen molar-refractivity contribution in [2.75, 3.05) is 4.90 Å². The van der Waals surface area contributed by atoms with Gasteiger partial charge in [-0.05, 0) is 38.0 Å². The van der Waals surface area contributed by atoms with E-state index in [9.17, 15) is 14.7 Å². The van der Waals surface area contributed by atoms with Gasteiger partial charge in [-0.25, -0.2) is 4.98 Å². The lowest BCUT2D eigenvalue weighted by atomic mass is 9.94. The Labute approximate surface area is 173 Å². The van der Waals surface area contributed by atoms with Gasteiger partial charge in [0.25, 0.3) is 5.91 Å². The fourth-order valence-electron chi connectivity index (χ4n) is 3.73. The first-order valence-corrected chi connectivity index (χ1v) is 10.1. The Kier molecular flexibility index (Phi) is 4.80. The number of amides is 1. The Bertz CT molecular complexity index is 1150. The summed E-state index contributed by atoms with van der Waals surface area (Å²) in [6.45, 7) is 5.50. The first-order chi connectivity index (χ1) is 13.9. The molecule has 146 valence electrons. The standard InChI is InChI=1S/C23H20N2O3S/c1-13-9-7-8-12-17(13)25-19(16-10-5-4-6-11-16)18(21(27)23(25)28)20(26)22-14(2)24-15(3)29-22/h4-12,19,27H,1-3H3. The minimum absolute atomic E-state index is 0.0937. The number of rotatable bonds is 4. The third kappa shape index (κ3) is 3.15. The van der Waals surface area contributed by atoms with Crippen molar-refractivity contribution in [3.8, 4) is 0 Å². The maximum atomic E-state index is 13.5. The number of carbonyl (C=O) groups excluding carboxylic acids is 2. The molecule has 1 unspecified atom stereocenters. The molecule has 29 heavy (non-hydrogen) atoms. The van der Waals surface area contributed by atoms with Crippen LogP contribution >= 0.6 is 11.3 Å². The van der Waals surface area contributed by atoms with Crippen LogP contribution in [0.25, 0.3) is 0 Å². The molecular weight excluding hydrogens is 384 g/mol. The average Bonchev–Trinajstić information content (AvgIpc) is 3.18. The van der Waals surface area contributed by atoms with Crippen LogP contribution in [-0.2, 0) is 4.79 Å². The molecule has 0 radical (unpaired) electrons. The number of ketones is 1. The van der Waals surface area contributed by atoms with E-state index < -0.39 is 17.7 Å². The summed E-state index contributed by atoms with van der Waals surface area (Å²) in [6.07, 6.45) is 0. The second-order valence-electron chi connectivity index (χ2n) is 7.01. The Hall–Kier alpha value is -3.25. The average molecular weight is 404 g/mol. The van der Waals surface area contributed by atoms with Crippen molar-refractivity contribution in [1.29, 1.82) is 0 Å². The fraction of sp³-hybridized carbons (Fsp3) is 0.174. The van der Waals surface area contributed by atoms with Gasteiger partial charge in [0, 0.05) is 5.69 Å². The van der Waals surface area contributed by atoms with Gasteiger partial charge in [0.05, 0.1) is 27.2 Å². The van der Waals surface area contributed by atoms with Crippen molar-refractivity contribution < 1.29 is 14.7 Å². The summed E-state index contributed by atoms with van der Waals surface area (Å²) in [6, 6.07) is 16.1. The molecule has 1 aliphatic rings. The number of nitrogens with zero attached hydrogens (tertiary/aromatic N) is 2. The Morgan fingerprint density at radius 2 is 1.69 bits per heavy atom. The van der Waals surface area contributed by atoms with E-state index in [1.807, 2.05) is 68.4 Å². The number of aryl methyl sites for hydroxylation is 3. The van der Waals surface area contributed by atoms with Crippen LogP contribution in [0.3, 0.4) is 0 Å². The molecule has 3 aromatic rings. The monoisotopic (exact) mass is 404 g/mol. The summed E-state index contributed by atoms with van der Waals surface area (Å²) in [5.74, 6) is -1.43. The highest BCUT2D eigenvalue weighted by molar-refractivity contribution is 7.14. The Balaban J connectivity index is 1.91. The van der Waals surface area contributed by atoms with Gasteiger partial charge in [-0.15, -0.1) is 11.3 Å². The van der Waals surface area contributed by atoms with Crippen LogP contribution in [0, 0.1) is 20.8 Å². The number of carbonyl (C=O) groups is 2. The number of anilines is 1. The summed E-state index contributed by atoms with van der Waals surface area (Å²) in [5.41, 5.74) is 3.00. The quantitative estimate of drug-likeness (QED) is 0.631. The van der Waals surface area contributed by atoms with E-state index in [0.717, 1.165) is 16.1 Å². The zero-order valence-corrected chi connectivity index (χ0v) is 17.2. The molecule has 0 spiro atoms. The molecule has 4 rings (SSSR count). The third-order valence-corrected chi connectivity index (χ3v) is 6.12. The highest BCUT2D eigenvalue weighted by atomic mass is 32.1. The second kappa shape index (κ2) is 7.29. The molecule has 5 nitrogen and oxygen atoms in total. The molecule has 2 heterocycles. The summed E-state index contributed by atoms with van der Waals surface area (Å²) in [4.78, 5) is 32.9. The predicted molar refractivity (Wildman–Crippen MR) is 113 cm³/mol. The lowest BCUT2D eigenvalue weighted by molar-refractivity contribution is -0.117. The Morgan fingerprint density at radius 3 is 2.31 bits per heavy atom. The van der Waals surface area contributed by atoms with E-state index in [4.69, 9.17) is 0 Å². The predicted octanol–water partition coefficient (Wildman–Crippen LogP) is 4.85. The summed E-state index contributed by atoms with van der Waals surface area (Å²) < 4.78 is 0. The van der Waals surface area contributed by atoms with E-state index in [2.05, 4.69) is 4.98 Å². The number of aliphatic hydroxyl groups excluding tert-OH is 1. The van der Waals surface area contributed by atoms with Crippen molar-refractivity contribution in [1.82, 2.24) is 4.98 Å². The normalized spacial score (nSPS) is 16.6. The Morgan fingerprint density at radius 1 is 1.03 bits per heavy atom. The lowest BCUT2D eigenvalue weighted by Crippen LogP contribution is -2.31. The molecule has 1 amide bonds. The number of hydrogen-bond acceptors (Lipinski definition) is 5. The third-order valence-electron chi connectivity index (χ3n) is 5.05. The topological polar surface area (TPSA) is 70.5 Å². The number of Topliss-reactive ketones (excluding diaryl/α,β-unsaturated/α-hetero) is 1. The van der Waals surface area contributed by atoms with Gasteiger partial charge >= 0.3 is 0 Å². The molecular formula is C23H20N2O3S. The lowest BCUT2D eigenvalue weighted by Gasteiger charge is -2.28. The minimum Gasteiger partial charge on any atom is -0.503 e. The van der Waals surface area contributed by atoms with E-state index >= 15 is 0 Å². The molecule has 0 fully saturated rings. The van der Waals surface area contributed by atoms with Crippen LogP contribution < -0.4 is 4.90 Å². The van der Waals surface area contributed by atoms with Crippen LogP contribution in [0.5, 0.6) is 0 Å². The van der Waals surface area contributed by atoms with Crippen LogP contribution in [0.1, 0.15) is 37.5 Å². The molecule has 0 aliphatic carbocycles. The maximum absolute atomic E-state index is 13.5. The van der Waals surface area contributed by atoms with Gasteiger partial charge in [0.15, 0.2) is 5.76 Å². The zero-order chi connectivity index (χ0) is 20.7. The van der Waals surface area contributed by atoms with Crippen molar-refractivity contribution in [2.24, 2.45) is 0 Å². The number of benzene rings is 2. The van der Waals surface area contributed by atoms with Crippen LogP contribution in [0.4, 0.5) is 5.69 Å². The second-order valence-corrected chi connectivity index (χ2v) is 8.22. The molecule has 6 heteroatoms. The van der Waals surface area contributed by atoms with Crippen molar-refractivity contribution in [2.45, 2.75) is 26.8 Å². The highest BCUT2D eigenvalue weighted by Gasteiger charge is 2.45. The fourth-order valence-corrected chi connectivity index (χ4v) is 4.61. The molecule has 0 saturated heterocycles. The SMILES string of the molecule is Cc1nc(C)c(C(=O)C2=C(O)C(=O)N(c3ccccc3C)C2c2ccccc2)s1. The van der Waals surface area contributed by atoms with Gasteiger partial charge in [0.2, 0.25) is 5.78 Å². The maximum Gasteiger partial charge on any atom is 0.294 e. The number of aromatic nitrogens is 1. The molecule has 1 aromatic heterocycles. The van der Waals surface area contributed by atoms with E-state index in [1.54, 1.807) is 6.92 Å². The smallest absolute Gasteiger partial charge is 0.294 e.